The minimum atomic E-state index is -3.49. The molecule has 1 aromatic heterocycles. The summed E-state index contributed by atoms with van der Waals surface area (Å²) in [6.07, 6.45) is 0. The van der Waals surface area contributed by atoms with Gasteiger partial charge >= 0.3 is 0 Å². The highest BCUT2D eigenvalue weighted by atomic mass is 32.2. The Bertz CT molecular complexity index is 1070. The van der Waals surface area contributed by atoms with Crippen molar-refractivity contribution < 1.29 is 8.42 Å². The first-order valence-corrected chi connectivity index (χ1v) is 12.0. The molecular weight excluding hydrogens is 390 g/mol. The topological polar surface area (TPSA) is 55.2 Å². The van der Waals surface area contributed by atoms with Crippen molar-refractivity contribution in [2.75, 3.05) is 13.1 Å². The number of rotatable bonds is 8. The predicted molar refractivity (Wildman–Crippen MR) is 116 cm³/mol. The number of hydrogen-bond donors (Lipinski definition) is 0. The van der Waals surface area contributed by atoms with Gasteiger partial charge in [-0.3, -0.25) is 0 Å². The van der Waals surface area contributed by atoms with Crippen LogP contribution in [0.5, 0.6) is 0 Å². The number of thioether (sulfide) groups is 1. The van der Waals surface area contributed by atoms with Gasteiger partial charge < -0.3 is 4.57 Å². The molecule has 150 valence electrons. The first kappa shape index (κ1) is 20.9. The summed E-state index contributed by atoms with van der Waals surface area (Å²) in [5, 5.41) is 0.915. The Morgan fingerprint density at radius 2 is 1.79 bits per heavy atom. The lowest BCUT2D eigenvalue weighted by molar-refractivity contribution is 0.445. The summed E-state index contributed by atoms with van der Waals surface area (Å²) in [5.41, 5.74) is 4.24. The third-order valence-corrected chi connectivity index (χ3v) is 8.03. The lowest BCUT2D eigenvalue weighted by Crippen LogP contribution is -2.30. The molecule has 1 heterocycles. The number of sulfonamides is 1. The van der Waals surface area contributed by atoms with Crippen molar-refractivity contribution >= 4 is 32.8 Å². The first-order chi connectivity index (χ1) is 13.4. The normalized spacial score (nSPS) is 12.2. The Labute approximate surface area is 171 Å². The van der Waals surface area contributed by atoms with Crippen LogP contribution in [0.1, 0.15) is 31.9 Å². The van der Waals surface area contributed by atoms with Gasteiger partial charge in [-0.05, 0) is 43.2 Å². The monoisotopic (exact) mass is 417 g/mol. The largest absolute Gasteiger partial charge is 0.319 e. The van der Waals surface area contributed by atoms with Gasteiger partial charge in [-0.1, -0.05) is 49.9 Å². The minimum absolute atomic E-state index is 0.305. The summed E-state index contributed by atoms with van der Waals surface area (Å²) in [6.45, 7) is 9.60. The first-order valence-electron chi connectivity index (χ1n) is 9.60. The van der Waals surface area contributed by atoms with Crippen molar-refractivity contribution in [3.8, 4) is 0 Å². The molecule has 0 amide bonds. The second-order valence-corrected chi connectivity index (χ2v) is 9.47. The third-order valence-electron chi connectivity index (χ3n) is 4.96. The Hall–Kier alpha value is -1.83. The summed E-state index contributed by atoms with van der Waals surface area (Å²) >= 11 is 1.69. The highest BCUT2D eigenvalue weighted by Crippen LogP contribution is 2.29. The van der Waals surface area contributed by atoms with E-state index < -0.39 is 10.0 Å². The van der Waals surface area contributed by atoms with Crippen LogP contribution >= 0.6 is 11.8 Å². The predicted octanol–water partition coefficient (Wildman–Crippen LogP) is 4.69. The number of nitrogens with zero attached hydrogens (tertiary/aromatic N) is 3. The second-order valence-electron chi connectivity index (χ2n) is 6.59. The van der Waals surface area contributed by atoms with Crippen LogP contribution in [0.4, 0.5) is 0 Å². The lowest BCUT2D eigenvalue weighted by Gasteiger charge is -2.18. The Balaban J connectivity index is 1.96. The molecule has 0 unspecified atom stereocenters. The van der Waals surface area contributed by atoms with Crippen LogP contribution in [0.15, 0.2) is 52.5 Å². The number of aromatic nitrogens is 2. The van der Waals surface area contributed by atoms with E-state index in [9.17, 15) is 8.42 Å². The molecule has 0 atom stereocenters. The number of hydrogen-bond acceptors (Lipinski definition) is 4. The smallest absolute Gasteiger partial charge is 0.243 e. The summed E-state index contributed by atoms with van der Waals surface area (Å²) < 4.78 is 29.3. The van der Waals surface area contributed by atoms with Crippen molar-refractivity contribution in [1.29, 1.82) is 0 Å². The summed E-state index contributed by atoms with van der Waals surface area (Å²) in [4.78, 5) is 5.06. The van der Waals surface area contributed by atoms with Gasteiger partial charge in [0, 0.05) is 25.4 Å². The van der Waals surface area contributed by atoms with E-state index in [4.69, 9.17) is 4.98 Å². The van der Waals surface area contributed by atoms with Gasteiger partial charge in [-0.2, -0.15) is 4.31 Å². The van der Waals surface area contributed by atoms with Crippen LogP contribution in [-0.2, 0) is 22.3 Å². The van der Waals surface area contributed by atoms with Gasteiger partial charge in [-0.25, -0.2) is 13.4 Å². The second kappa shape index (κ2) is 8.68. The molecule has 0 fully saturated rings. The van der Waals surface area contributed by atoms with E-state index in [0.29, 0.717) is 18.0 Å². The summed E-state index contributed by atoms with van der Waals surface area (Å²) in [6, 6.07) is 13.6. The number of aryl methyl sites for hydroxylation is 2. The van der Waals surface area contributed by atoms with Gasteiger partial charge in [0.2, 0.25) is 10.0 Å². The van der Waals surface area contributed by atoms with Gasteiger partial charge in [0.25, 0.3) is 0 Å². The van der Waals surface area contributed by atoms with E-state index in [-0.39, 0.29) is 0 Å². The molecule has 3 aromatic rings. The molecule has 0 aliphatic carbocycles. The van der Waals surface area contributed by atoms with Crippen molar-refractivity contribution in [2.24, 2.45) is 0 Å². The molecule has 0 N–H and O–H groups in total. The molecule has 0 spiro atoms. The molecule has 0 aliphatic rings. The van der Waals surface area contributed by atoms with Crippen molar-refractivity contribution in [3.05, 3.63) is 53.6 Å². The Kier molecular flexibility index (Phi) is 6.47. The molecule has 0 saturated heterocycles. The van der Waals surface area contributed by atoms with Crippen molar-refractivity contribution in [3.63, 3.8) is 0 Å². The number of imidazole rings is 1. The fourth-order valence-corrected chi connectivity index (χ4v) is 5.92. The van der Waals surface area contributed by atoms with E-state index in [1.165, 1.54) is 15.4 Å². The van der Waals surface area contributed by atoms with Gasteiger partial charge in [0.05, 0.1) is 15.9 Å². The highest BCUT2D eigenvalue weighted by Gasteiger charge is 2.23. The fourth-order valence-electron chi connectivity index (χ4n) is 3.29. The lowest BCUT2D eigenvalue weighted by atomic mass is 10.1. The van der Waals surface area contributed by atoms with E-state index >= 15 is 0 Å². The molecule has 5 nitrogen and oxygen atoms in total. The van der Waals surface area contributed by atoms with Crippen molar-refractivity contribution in [1.82, 2.24) is 13.9 Å². The fraction of sp³-hybridized carbons (Fsp3) is 0.381. The maximum Gasteiger partial charge on any atom is 0.243 e. The molecule has 7 heteroatoms. The van der Waals surface area contributed by atoms with Crippen LogP contribution in [0.2, 0.25) is 0 Å². The molecule has 3 rings (SSSR count). The van der Waals surface area contributed by atoms with Gasteiger partial charge in [0.1, 0.15) is 0 Å². The standard InChI is InChI=1S/C21H27N3O2S2/c1-5-23(6-2)28(25,26)18-12-13-20-19(14-18)22-21(24(20)7-3)27-15-17-11-9-8-10-16(17)4/h8-14H,5-7,15H2,1-4H3. The maximum atomic E-state index is 12.8. The highest BCUT2D eigenvalue weighted by molar-refractivity contribution is 7.98. The molecule has 0 radical (unpaired) electrons. The maximum absolute atomic E-state index is 12.8. The average Bonchev–Trinajstić information content (AvgIpc) is 3.04. The van der Waals surface area contributed by atoms with E-state index in [2.05, 4.69) is 36.6 Å². The number of fused-ring (bicyclic) bond motifs is 1. The molecule has 2 aromatic carbocycles. The van der Waals surface area contributed by atoms with Gasteiger partial charge in [0.15, 0.2) is 5.16 Å². The van der Waals surface area contributed by atoms with E-state index in [1.807, 2.05) is 26.0 Å². The van der Waals surface area contributed by atoms with Crippen molar-refractivity contribution in [2.45, 2.75) is 50.0 Å². The summed E-state index contributed by atoms with van der Waals surface area (Å²) in [5.74, 6) is 0.834. The van der Waals surface area contributed by atoms with Gasteiger partial charge in [-0.15, -0.1) is 0 Å². The minimum Gasteiger partial charge on any atom is -0.319 e. The third kappa shape index (κ3) is 3.97. The zero-order valence-corrected chi connectivity index (χ0v) is 18.5. The van der Waals surface area contributed by atoms with Crippen LogP contribution < -0.4 is 0 Å². The zero-order chi connectivity index (χ0) is 20.3. The van der Waals surface area contributed by atoms with Crippen LogP contribution in [0.3, 0.4) is 0 Å². The van der Waals surface area contributed by atoms with Crippen LogP contribution in [-0.4, -0.2) is 35.4 Å². The van der Waals surface area contributed by atoms with Crippen LogP contribution in [0.25, 0.3) is 11.0 Å². The van der Waals surface area contributed by atoms with E-state index in [1.54, 1.807) is 23.9 Å². The average molecular weight is 418 g/mol. The molecular formula is C21H27N3O2S2. The van der Waals surface area contributed by atoms with E-state index in [0.717, 1.165) is 28.5 Å². The molecule has 28 heavy (non-hydrogen) atoms. The molecule has 0 bridgehead atoms. The molecule has 0 aliphatic heterocycles. The Morgan fingerprint density at radius 1 is 1.07 bits per heavy atom. The Morgan fingerprint density at radius 3 is 2.43 bits per heavy atom. The number of benzene rings is 2. The van der Waals surface area contributed by atoms with Crippen LogP contribution in [0, 0.1) is 6.92 Å². The zero-order valence-electron chi connectivity index (χ0n) is 16.8. The SMILES string of the molecule is CCN(CC)S(=O)(=O)c1ccc2c(c1)nc(SCc1ccccc1C)n2CC. The molecule has 0 saturated carbocycles. The quantitative estimate of drug-likeness (QED) is 0.499. The summed E-state index contributed by atoms with van der Waals surface area (Å²) in [7, 11) is -3.49.